The van der Waals surface area contributed by atoms with Crippen molar-refractivity contribution in [3.8, 4) is 0 Å². The van der Waals surface area contributed by atoms with Crippen LogP contribution in [-0.4, -0.2) is 58.0 Å². The van der Waals surface area contributed by atoms with Crippen LogP contribution in [0.1, 0.15) is 93.4 Å². The first-order valence-electron chi connectivity index (χ1n) is 15.2. The van der Waals surface area contributed by atoms with E-state index in [1.807, 2.05) is 26.0 Å². The summed E-state index contributed by atoms with van der Waals surface area (Å²) < 4.78 is 5.82. The number of ketones is 2. The van der Waals surface area contributed by atoms with Crippen LogP contribution in [0.15, 0.2) is 48.1 Å². The second kappa shape index (κ2) is 18.6. The maximum absolute atomic E-state index is 13.0. The number of allylic oxidation sites excluding steroid dienone is 3. The Bertz CT molecular complexity index is 1030. The van der Waals surface area contributed by atoms with Crippen molar-refractivity contribution in [2.24, 2.45) is 23.7 Å². The Labute approximate surface area is 252 Å². The molecule has 3 N–H and O–H groups in total. The average molecular weight is 588 g/mol. The summed E-state index contributed by atoms with van der Waals surface area (Å²) in [6, 6.07) is -0.291. The van der Waals surface area contributed by atoms with Crippen LogP contribution in [0.3, 0.4) is 0 Å². The highest BCUT2D eigenvalue weighted by Gasteiger charge is 2.28. The van der Waals surface area contributed by atoms with Gasteiger partial charge in [-0.25, -0.2) is 4.79 Å². The standard InChI is InChI=1S/C34H53NO7/c1-9-10-22(3)29(36)17-12-21(2)11-15-28-16-13-23(4)31(38)20-32(39)35-26(7)14-18-30(37)27(8)33(40)24(5)19-25(6)34(41)42-28/h9-11,15,19,21,23-24,26-29,33,36,40H,1,12-14,16-18,20H2,2-8H3,(H,35,39)/b15-11+,22-10+,25-19-/t21-,23+,24-,26-,27+,28+,29+,33+/m1/s1. The normalized spacial score (nSPS) is 31.2. The fourth-order valence-corrected chi connectivity index (χ4v) is 4.88. The summed E-state index contributed by atoms with van der Waals surface area (Å²) in [5.74, 6) is -2.69. The number of rotatable bonds is 7. The average Bonchev–Trinajstić information content (AvgIpc) is 2.93. The number of Topliss-reactive ketones (excluding diaryl/α,β-unsaturated/α-hetero) is 2. The molecule has 0 aromatic carbocycles. The quantitative estimate of drug-likeness (QED) is 0.162. The summed E-state index contributed by atoms with van der Waals surface area (Å²) >= 11 is 0. The van der Waals surface area contributed by atoms with E-state index in [2.05, 4.69) is 11.9 Å². The van der Waals surface area contributed by atoms with Crippen LogP contribution >= 0.6 is 0 Å². The number of ether oxygens (including phenoxy) is 1. The number of esters is 1. The molecule has 42 heavy (non-hydrogen) atoms. The number of nitrogens with one attached hydrogen (secondary N) is 1. The molecule has 8 nitrogen and oxygen atoms in total. The van der Waals surface area contributed by atoms with Crippen LogP contribution in [-0.2, 0) is 23.9 Å². The summed E-state index contributed by atoms with van der Waals surface area (Å²) in [5.41, 5.74) is 1.17. The van der Waals surface area contributed by atoms with Crippen LogP contribution in [0.2, 0.25) is 0 Å². The van der Waals surface area contributed by atoms with E-state index in [4.69, 9.17) is 4.74 Å². The molecule has 0 radical (unpaired) electrons. The van der Waals surface area contributed by atoms with Crippen LogP contribution in [0, 0.1) is 23.7 Å². The van der Waals surface area contributed by atoms with Crippen molar-refractivity contribution in [2.45, 2.75) is 118 Å². The number of aliphatic hydroxyl groups is 2. The Balaban J connectivity index is 3.15. The first-order valence-corrected chi connectivity index (χ1v) is 15.2. The molecule has 0 bridgehead atoms. The predicted octanol–water partition coefficient (Wildman–Crippen LogP) is 5.19. The molecule has 0 spiro atoms. The first-order chi connectivity index (χ1) is 19.7. The number of amides is 1. The monoisotopic (exact) mass is 587 g/mol. The smallest absolute Gasteiger partial charge is 0.333 e. The van der Waals surface area contributed by atoms with Crippen LogP contribution in [0.4, 0.5) is 0 Å². The zero-order chi connectivity index (χ0) is 32.0. The van der Waals surface area contributed by atoms with Gasteiger partial charge in [0.15, 0.2) is 0 Å². The number of aliphatic hydroxyl groups excluding tert-OH is 2. The van der Waals surface area contributed by atoms with E-state index in [-0.39, 0.29) is 42.3 Å². The number of carbonyl (C=O) groups is 4. The highest BCUT2D eigenvalue weighted by molar-refractivity contribution is 5.99. The third-order valence-corrected chi connectivity index (χ3v) is 8.11. The molecule has 0 aliphatic carbocycles. The zero-order valence-electron chi connectivity index (χ0n) is 26.6. The summed E-state index contributed by atoms with van der Waals surface area (Å²) in [7, 11) is 0. The number of hydrogen-bond acceptors (Lipinski definition) is 7. The Morgan fingerprint density at radius 1 is 1.10 bits per heavy atom. The van der Waals surface area contributed by atoms with Crippen molar-refractivity contribution in [3.05, 3.63) is 48.1 Å². The van der Waals surface area contributed by atoms with Crippen molar-refractivity contribution in [1.29, 1.82) is 0 Å². The fraction of sp³-hybridized carbons (Fsp3) is 0.647. The third-order valence-electron chi connectivity index (χ3n) is 8.11. The number of hydrogen-bond donors (Lipinski definition) is 3. The highest BCUT2D eigenvalue weighted by atomic mass is 16.5. The molecule has 1 heterocycles. The van der Waals surface area contributed by atoms with Crippen molar-refractivity contribution in [3.63, 3.8) is 0 Å². The molecule has 0 aromatic heterocycles. The Kier molecular flexibility index (Phi) is 16.5. The van der Waals surface area contributed by atoms with Crippen molar-refractivity contribution in [2.75, 3.05) is 0 Å². The summed E-state index contributed by atoms with van der Waals surface area (Å²) in [4.78, 5) is 51.0. The van der Waals surface area contributed by atoms with Crippen LogP contribution < -0.4 is 5.32 Å². The van der Waals surface area contributed by atoms with E-state index in [0.29, 0.717) is 37.7 Å². The first kappa shape index (κ1) is 37.2. The molecule has 0 saturated heterocycles. The Morgan fingerprint density at radius 2 is 1.76 bits per heavy atom. The molecular formula is C34H53NO7. The van der Waals surface area contributed by atoms with E-state index in [9.17, 15) is 29.4 Å². The Hall–Kier alpha value is -2.84. The van der Waals surface area contributed by atoms with Gasteiger partial charge in [-0.1, -0.05) is 58.6 Å². The third kappa shape index (κ3) is 13.4. The predicted molar refractivity (Wildman–Crippen MR) is 165 cm³/mol. The van der Waals surface area contributed by atoms with Gasteiger partial charge in [0.25, 0.3) is 0 Å². The molecule has 236 valence electrons. The van der Waals surface area contributed by atoms with Gasteiger partial charge in [-0.05, 0) is 70.4 Å². The fourth-order valence-electron chi connectivity index (χ4n) is 4.88. The molecule has 0 aromatic rings. The molecule has 1 aliphatic heterocycles. The van der Waals surface area contributed by atoms with Gasteiger partial charge in [0.05, 0.1) is 18.6 Å². The van der Waals surface area contributed by atoms with E-state index >= 15 is 0 Å². The van der Waals surface area contributed by atoms with Gasteiger partial charge >= 0.3 is 5.97 Å². The lowest BCUT2D eigenvalue weighted by atomic mass is 9.87. The van der Waals surface area contributed by atoms with Crippen molar-refractivity contribution >= 4 is 23.4 Å². The van der Waals surface area contributed by atoms with E-state index in [1.165, 1.54) is 0 Å². The lowest BCUT2D eigenvalue weighted by Gasteiger charge is -2.23. The van der Waals surface area contributed by atoms with E-state index in [1.54, 1.807) is 52.8 Å². The molecule has 1 amide bonds. The molecule has 8 atom stereocenters. The summed E-state index contributed by atoms with van der Waals surface area (Å²) in [6.45, 7) is 16.1. The molecule has 1 rings (SSSR count). The second-order valence-corrected chi connectivity index (χ2v) is 12.1. The van der Waals surface area contributed by atoms with Crippen LogP contribution in [0.5, 0.6) is 0 Å². The van der Waals surface area contributed by atoms with Gasteiger partial charge in [0, 0.05) is 35.8 Å². The van der Waals surface area contributed by atoms with Crippen molar-refractivity contribution < 1.29 is 34.1 Å². The van der Waals surface area contributed by atoms with Gasteiger partial charge in [-0.15, -0.1) is 0 Å². The van der Waals surface area contributed by atoms with Gasteiger partial charge in [-0.2, -0.15) is 0 Å². The van der Waals surface area contributed by atoms with Gasteiger partial charge in [-0.3, -0.25) is 14.4 Å². The largest absolute Gasteiger partial charge is 0.455 e. The maximum atomic E-state index is 13.0. The molecule has 1 aliphatic rings. The minimum absolute atomic E-state index is 0.0995. The number of carbonyl (C=O) groups excluding carboxylic acids is 4. The lowest BCUT2D eigenvalue weighted by molar-refractivity contribution is -0.142. The van der Waals surface area contributed by atoms with Gasteiger partial charge < -0.3 is 20.3 Å². The molecule has 8 heteroatoms. The molecule has 0 fully saturated rings. The number of cyclic esters (lactones) is 1. The summed E-state index contributed by atoms with van der Waals surface area (Å²) in [5, 5.41) is 23.9. The van der Waals surface area contributed by atoms with Crippen molar-refractivity contribution in [1.82, 2.24) is 5.32 Å². The summed E-state index contributed by atoms with van der Waals surface area (Å²) in [6.07, 6.45) is 9.10. The maximum Gasteiger partial charge on any atom is 0.333 e. The van der Waals surface area contributed by atoms with Gasteiger partial charge in [0.2, 0.25) is 5.91 Å². The zero-order valence-corrected chi connectivity index (χ0v) is 26.6. The molecular weight excluding hydrogens is 534 g/mol. The molecule has 0 unspecified atom stereocenters. The van der Waals surface area contributed by atoms with E-state index in [0.717, 1.165) is 5.57 Å². The minimum atomic E-state index is -0.984. The van der Waals surface area contributed by atoms with E-state index < -0.39 is 42.0 Å². The van der Waals surface area contributed by atoms with Crippen LogP contribution in [0.25, 0.3) is 0 Å². The lowest BCUT2D eigenvalue weighted by Crippen LogP contribution is -2.36. The topological polar surface area (TPSA) is 130 Å². The van der Waals surface area contributed by atoms with Gasteiger partial charge in [0.1, 0.15) is 17.7 Å². The Morgan fingerprint density at radius 3 is 2.40 bits per heavy atom. The SMILES string of the molecule is C=C/C=C(\C)[C@@H](O)CC[C@H](C)/C=C/[C@H]1CC[C@H](C)C(=O)CC(=O)N[C@H](C)CCC(=O)[C@H](C)[C@@H](O)[C@H](C)/C=C(/C)C(=O)O1. The minimum Gasteiger partial charge on any atom is -0.455 e. The highest BCUT2D eigenvalue weighted by Crippen LogP contribution is 2.22. The second-order valence-electron chi connectivity index (χ2n) is 12.1. The molecule has 0 saturated carbocycles.